The van der Waals surface area contributed by atoms with Gasteiger partial charge in [0.15, 0.2) is 9.84 Å². The van der Waals surface area contributed by atoms with Crippen LogP contribution in [0.25, 0.3) is 0 Å². The quantitative estimate of drug-likeness (QED) is 0.913. The minimum Gasteiger partial charge on any atom is -0.342 e. The van der Waals surface area contributed by atoms with Crippen LogP contribution in [0, 0.1) is 0 Å². The SMILES string of the molecule is CS(=O)(=O)c1cn[nH]c1C1CCN(C(=O)Cc2ccsc2)C1. The number of nitrogens with zero attached hydrogens (tertiary/aromatic N) is 2. The van der Waals surface area contributed by atoms with Gasteiger partial charge in [0.2, 0.25) is 5.91 Å². The van der Waals surface area contributed by atoms with Gasteiger partial charge in [0, 0.05) is 25.3 Å². The van der Waals surface area contributed by atoms with Gasteiger partial charge in [-0.2, -0.15) is 16.4 Å². The maximum Gasteiger partial charge on any atom is 0.227 e. The smallest absolute Gasteiger partial charge is 0.227 e. The number of carbonyl (C=O) groups is 1. The fourth-order valence-electron chi connectivity index (χ4n) is 2.78. The molecule has 22 heavy (non-hydrogen) atoms. The van der Waals surface area contributed by atoms with Crippen LogP contribution in [-0.4, -0.2) is 48.8 Å². The predicted molar refractivity (Wildman–Crippen MR) is 83.7 cm³/mol. The van der Waals surface area contributed by atoms with E-state index in [4.69, 9.17) is 0 Å². The van der Waals surface area contributed by atoms with Crippen LogP contribution in [0.15, 0.2) is 27.9 Å². The van der Waals surface area contributed by atoms with Crippen molar-refractivity contribution in [2.24, 2.45) is 0 Å². The molecule has 3 rings (SSSR count). The van der Waals surface area contributed by atoms with Gasteiger partial charge >= 0.3 is 0 Å². The highest BCUT2D eigenvalue weighted by atomic mass is 32.2. The zero-order chi connectivity index (χ0) is 15.7. The Labute approximate surface area is 133 Å². The first kappa shape index (κ1) is 15.2. The van der Waals surface area contributed by atoms with Crippen molar-refractivity contribution >= 4 is 27.1 Å². The summed E-state index contributed by atoms with van der Waals surface area (Å²) >= 11 is 1.58. The van der Waals surface area contributed by atoms with Crippen LogP contribution >= 0.6 is 11.3 Å². The summed E-state index contributed by atoms with van der Waals surface area (Å²) in [6.45, 7) is 1.18. The highest BCUT2D eigenvalue weighted by Crippen LogP contribution is 2.30. The number of H-pyrrole nitrogens is 1. The lowest BCUT2D eigenvalue weighted by molar-refractivity contribution is -0.129. The van der Waals surface area contributed by atoms with Gasteiger partial charge < -0.3 is 4.90 Å². The van der Waals surface area contributed by atoms with Crippen molar-refractivity contribution in [1.82, 2.24) is 15.1 Å². The standard InChI is InChI=1S/C14H17N3O3S2/c1-22(19,20)12-7-15-16-14(12)11-2-4-17(8-11)13(18)6-10-3-5-21-9-10/h3,5,7,9,11H,2,4,6,8H2,1H3,(H,15,16). The Hall–Kier alpha value is -1.67. The van der Waals surface area contributed by atoms with E-state index in [0.717, 1.165) is 12.0 Å². The summed E-state index contributed by atoms with van der Waals surface area (Å²) in [6.07, 6.45) is 3.68. The van der Waals surface area contributed by atoms with Crippen LogP contribution in [0.1, 0.15) is 23.6 Å². The number of rotatable bonds is 4. The van der Waals surface area contributed by atoms with E-state index in [1.807, 2.05) is 16.8 Å². The van der Waals surface area contributed by atoms with Gasteiger partial charge in [-0.05, 0) is 28.8 Å². The van der Waals surface area contributed by atoms with Gasteiger partial charge in [0.25, 0.3) is 0 Å². The van der Waals surface area contributed by atoms with E-state index < -0.39 is 9.84 Å². The average molecular weight is 339 g/mol. The van der Waals surface area contributed by atoms with Crippen LogP contribution in [0.5, 0.6) is 0 Å². The first-order chi connectivity index (χ1) is 10.4. The third kappa shape index (κ3) is 3.07. The van der Waals surface area contributed by atoms with Crippen molar-refractivity contribution in [3.05, 3.63) is 34.3 Å². The average Bonchev–Trinajstić information content (AvgIpc) is 3.18. The van der Waals surface area contributed by atoms with Crippen molar-refractivity contribution in [3.8, 4) is 0 Å². The number of hydrogen-bond donors (Lipinski definition) is 1. The van der Waals surface area contributed by atoms with E-state index in [0.29, 0.717) is 25.2 Å². The molecule has 0 bridgehead atoms. The fourth-order valence-corrected chi connectivity index (χ4v) is 4.30. The van der Waals surface area contributed by atoms with Crippen molar-refractivity contribution in [2.45, 2.75) is 23.7 Å². The predicted octanol–water partition coefficient (Wildman–Crippen LogP) is 1.43. The van der Waals surface area contributed by atoms with Gasteiger partial charge in [0.05, 0.1) is 18.3 Å². The van der Waals surface area contributed by atoms with Crippen LogP contribution in [0.2, 0.25) is 0 Å². The Bertz CT molecular complexity index is 765. The number of likely N-dealkylation sites (tertiary alicyclic amines) is 1. The molecule has 0 radical (unpaired) electrons. The van der Waals surface area contributed by atoms with E-state index >= 15 is 0 Å². The summed E-state index contributed by atoms with van der Waals surface area (Å²) in [7, 11) is -3.30. The Kier molecular flexibility index (Phi) is 4.05. The molecule has 0 aliphatic carbocycles. The number of aromatic nitrogens is 2. The summed E-state index contributed by atoms with van der Waals surface area (Å²) in [5.41, 5.74) is 1.64. The molecule has 6 nitrogen and oxygen atoms in total. The molecule has 118 valence electrons. The van der Waals surface area contributed by atoms with E-state index in [1.54, 1.807) is 16.2 Å². The molecule has 3 heterocycles. The summed E-state index contributed by atoms with van der Waals surface area (Å²) in [5.74, 6) is 0.0833. The van der Waals surface area contributed by atoms with E-state index in [-0.39, 0.29) is 16.7 Å². The van der Waals surface area contributed by atoms with Gasteiger partial charge in [-0.25, -0.2) is 8.42 Å². The minimum atomic E-state index is -3.30. The number of carbonyl (C=O) groups excluding carboxylic acids is 1. The molecule has 8 heteroatoms. The van der Waals surface area contributed by atoms with Gasteiger partial charge in [-0.3, -0.25) is 9.89 Å². The van der Waals surface area contributed by atoms with Crippen LogP contribution in [0.4, 0.5) is 0 Å². The molecule has 1 unspecified atom stereocenters. The zero-order valence-electron chi connectivity index (χ0n) is 12.2. The largest absolute Gasteiger partial charge is 0.342 e. The van der Waals surface area contributed by atoms with Gasteiger partial charge in [-0.15, -0.1) is 0 Å². The maximum absolute atomic E-state index is 12.3. The molecule has 1 aliphatic heterocycles. The molecule has 0 saturated carbocycles. The van der Waals surface area contributed by atoms with Gasteiger partial charge in [-0.1, -0.05) is 0 Å². The first-order valence-electron chi connectivity index (χ1n) is 6.97. The minimum absolute atomic E-state index is 0.00125. The third-order valence-electron chi connectivity index (χ3n) is 3.92. The van der Waals surface area contributed by atoms with Crippen LogP contribution < -0.4 is 0 Å². The second-order valence-electron chi connectivity index (χ2n) is 5.55. The third-order valence-corrected chi connectivity index (χ3v) is 5.77. The number of hydrogen-bond acceptors (Lipinski definition) is 5. The number of nitrogens with one attached hydrogen (secondary N) is 1. The lowest BCUT2D eigenvalue weighted by atomic mass is 10.1. The molecule has 1 fully saturated rings. The van der Waals surface area contributed by atoms with Crippen molar-refractivity contribution in [3.63, 3.8) is 0 Å². The summed E-state index contributed by atoms with van der Waals surface area (Å²) in [5, 5.41) is 10.6. The highest BCUT2D eigenvalue weighted by molar-refractivity contribution is 7.90. The van der Waals surface area contributed by atoms with E-state index in [9.17, 15) is 13.2 Å². The Morgan fingerprint density at radius 2 is 2.36 bits per heavy atom. The second kappa shape index (κ2) is 5.85. The van der Waals surface area contributed by atoms with Crippen molar-refractivity contribution in [1.29, 1.82) is 0 Å². The summed E-state index contributed by atoms with van der Waals surface area (Å²) in [6, 6.07) is 1.95. The normalized spacial score (nSPS) is 18.8. The summed E-state index contributed by atoms with van der Waals surface area (Å²) < 4.78 is 23.5. The number of thiophene rings is 1. The Balaban J connectivity index is 1.70. The first-order valence-corrected chi connectivity index (χ1v) is 9.80. The fraction of sp³-hybridized carbons (Fsp3) is 0.429. The molecular formula is C14H17N3O3S2. The van der Waals surface area contributed by atoms with E-state index in [1.165, 1.54) is 12.5 Å². The molecule has 1 aliphatic rings. The molecule has 0 aromatic carbocycles. The molecule has 2 aromatic rings. The van der Waals surface area contributed by atoms with Crippen molar-refractivity contribution in [2.75, 3.05) is 19.3 Å². The number of amides is 1. The molecule has 1 atom stereocenters. The lowest BCUT2D eigenvalue weighted by Crippen LogP contribution is -2.29. The monoisotopic (exact) mass is 339 g/mol. The van der Waals surface area contributed by atoms with Gasteiger partial charge in [0.1, 0.15) is 4.90 Å². The molecule has 1 saturated heterocycles. The maximum atomic E-state index is 12.3. The van der Waals surface area contributed by atoms with Crippen LogP contribution in [-0.2, 0) is 21.1 Å². The number of aromatic amines is 1. The van der Waals surface area contributed by atoms with Crippen molar-refractivity contribution < 1.29 is 13.2 Å². The topological polar surface area (TPSA) is 83.1 Å². The lowest BCUT2D eigenvalue weighted by Gasteiger charge is -2.16. The molecule has 1 N–H and O–H groups in total. The van der Waals surface area contributed by atoms with E-state index in [2.05, 4.69) is 10.2 Å². The van der Waals surface area contributed by atoms with Crippen LogP contribution in [0.3, 0.4) is 0 Å². The molecule has 1 amide bonds. The molecular weight excluding hydrogens is 322 g/mol. The Morgan fingerprint density at radius 1 is 1.55 bits per heavy atom. The molecule has 2 aromatic heterocycles. The number of sulfone groups is 1. The Morgan fingerprint density at radius 3 is 3.05 bits per heavy atom. The highest BCUT2D eigenvalue weighted by Gasteiger charge is 2.31. The summed E-state index contributed by atoms with van der Waals surface area (Å²) in [4.78, 5) is 14.3. The molecule has 0 spiro atoms. The second-order valence-corrected chi connectivity index (χ2v) is 8.32. The zero-order valence-corrected chi connectivity index (χ0v) is 13.8.